The molecule has 0 aliphatic heterocycles. The highest BCUT2D eigenvalue weighted by molar-refractivity contribution is 7.81. The van der Waals surface area contributed by atoms with Gasteiger partial charge in [0.1, 0.15) is 0 Å². The molecule has 0 radical (unpaired) electrons. The zero-order chi connectivity index (χ0) is 17.7. The van der Waals surface area contributed by atoms with Gasteiger partial charge in [0.05, 0.1) is 10.7 Å². The van der Waals surface area contributed by atoms with Crippen LogP contribution in [0.5, 0.6) is 0 Å². The Kier molecular flexibility index (Phi) is 6.89. The molecule has 2 aromatic carbocycles. The second kappa shape index (κ2) is 8.69. The van der Waals surface area contributed by atoms with Crippen LogP contribution in [0, 0.1) is 6.92 Å². The molecule has 0 fully saturated rings. The maximum absolute atomic E-state index is 6.07. The van der Waals surface area contributed by atoms with Gasteiger partial charge in [0, 0.05) is 15.7 Å². The fourth-order valence-electron chi connectivity index (χ4n) is 1.69. The molecule has 2 rings (SSSR count). The SMILES string of the molecule is Cc1ccc(NC(=S)NNC(=S)Nc2ccc(Cl)cc2Cl)cc1Cl. The lowest BCUT2D eigenvalue weighted by Crippen LogP contribution is -2.45. The zero-order valence-corrected chi connectivity index (χ0v) is 16.3. The summed E-state index contributed by atoms with van der Waals surface area (Å²) in [5.41, 5.74) is 7.92. The van der Waals surface area contributed by atoms with Crippen LogP contribution in [0.1, 0.15) is 5.56 Å². The van der Waals surface area contributed by atoms with Crippen LogP contribution in [-0.4, -0.2) is 10.2 Å². The van der Waals surface area contributed by atoms with Crippen molar-refractivity contribution >= 4 is 80.8 Å². The van der Waals surface area contributed by atoms with Crippen molar-refractivity contribution in [1.29, 1.82) is 0 Å². The van der Waals surface area contributed by atoms with Crippen molar-refractivity contribution in [1.82, 2.24) is 10.9 Å². The molecule has 0 heterocycles. The standard InChI is InChI=1S/C15H13Cl3N4S2/c1-8-2-4-10(7-11(8)17)19-14(23)21-22-15(24)20-13-5-3-9(16)6-12(13)18/h2-7H,1H3,(H2,19,21,23)(H2,20,22,24). The molecule has 126 valence electrons. The highest BCUT2D eigenvalue weighted by atomic mass is 35.5. The Morgan fingerprint density at radius 1 is 0.833 bits per heavy atom. The molecule has 24 heavy (non-hydrogen) atoms. The van der Waals surface area contributed by atoms with Crippen molar-refractivity contribution in [3.8, 4) is 0 Å². The number of anilines is 2. The summed E-state index contributed by atoms with van der Waals surface area (Å²) in [5, 5.41) is 8.22. The minimum absolute atomic E-state index is 0.297. The highest BCUT2D eigenvalue weighted by Gasteiger charge is 2.04. The van der Waals surface area contributed by atoms with E-state index in [2.05, 4.69) is 21.5 Å². The van der Waals surface area contributed by atoms with Crippen LogP contribution in [0.3, 0.4) is 0 Å². The van der Waals surface area contributed by atoms with Crippen LogP contribution >= 0.6 is 59.2 Å². The monoisotopic (exact) mass is 418 g/mol. The lowest BCUT2D eigenvalue weighted by Gasteiger charge is -2.15. The van der Waals surface area contributed by atoms with Gasteiger partial charge in [-0.25, -0.2) is 0 Å². The minimum Gasteiger partial charge on any atom is -0.331 e. The van der Waals surface area contributed by atoms with Crippen molar-refractivity contribution in [2.24, 2.45) is 0 Å². The third-order valence-electron chi connectivity index (χ3n) is 2.90. The second-order valence-corrected chi connectivity index (χ2v) is 6.81. The molecule has 0 saturated heterocycles. The summed E-state index contributed by atoms with van der Waals surface area (Å²) in [6.07, 6.45) is 0. The lowest BCUT2D eigenvalue weighted by molar-refractivity contribution is 0.885. The van der Waals surface area contributed by atoms with Crippen molar-refractivity contribution < 1.29 is 0 Å². The average Bonchev–Trinajstić information content (AvgIpc) is 2.52. The number of hydrogen-bond donors (Lipinski definition) is 4. The molecule has 9 heteroatoms. The Bertz CT molecular complexity index is 783. The Morgan fingerprint density at radius 3 is 2.12 bits per heavy atom. The largest absolute Gasteiger partial charge is 0.331 e. The quantitative estimate of drug-likeness (QED) is 0.399. The number of benzene rings is 2. The third kappa shape index (κ3) is 5.65. The first-order valence-corrected chi connectivity index (χ1v) is 8.65. The molecule has 0 saturated carbocycles. The Morgan fingerprint density at radius 2 is 1.50 bits per heavy atom. The lowest BCUT2D eigenvalue weighted by atomic mass is 10.2. The fraction of sp³-hybridized carbons (Fsp3) is 0.0667. The van der Waals surface area contributed by atoms with E-state index in [9.17, 15) is 0 Å². The van der Waals surface area contributed by atoms with E-state index in [0.29, 0.717) is 31.0 Å². The first-order valence-electron chi connectivity index (χ1n) is 6.70. The minimum atomic E-state index is 0.297. The molecule has 0 aliphatic carbocycles. The van der Waals surface area contributed by atoms with Crippen LogP contribution in [0.4, 0.5) is 11.4 Å². The van der Waals surface area contributed by atoms with Crippen LogP contribution < -0.4 is 21.5 Å². The zero-order valence-electron chi connectivity index (χ0n) is 12.4. The molecule has 2 aromatic rings. The van der Waals surface area contributed by atoms with Crippen LogP contribution in [0.15, 0.2) is 36.4 Å². The maximum atomic E-state index is 6.07. The number of hydrazine groups is 1. The Labute approximate surface area is 165 Å². The van der Waals surface area contributed by atoms with Crippen molar-refractivity contribution in [3.63, 3.8) is 0 Å². The summed E-state index contributed by atoms with van der Waals surface area (Å²) in [7, 11) is 0. The predicted octanol–water partition coefficient (Wildman–Crippen LogP) is 5.14. The van der Waals surface area contributed by atoms with Crippen molar-refractivity contribution in [3.05, 3.63) is 57.0 Å². The van der Waals surface area contributed by atoms with Crippen LogP contribution in [-0.2, 0) is 0 Å². The summed E-state index contributed by atoms with van der Waals surface area (Å²) in [6.45, 7) is 1.93. The Hall–Kier alpha value is -1.31. The molecule has 0 unspecified atom stereocenters. The van der Waals surface area contributed by atoms with E-state index in [-0.39, 0.29) is 0 Å². The van der Waals surface area contributed by atoms with Gasteiger partial charge in [-0.2, -0.15) is 0 Å². The van der Waals surface area contributed by atoms with Gasteiger partial charge in [-0.15, -0.1) is 0 Å². The first-order chi connectivity index (χ1) is 11.3. The number of nitrogens with one attached hydrogen (secondary N) is 4. The molecule has 0 aromatic heterocycles. The number of thiocarbonyl (C=S) groups is 2. The summed E-state index contributed by atoms with van der Waals surface area (Å²) >= 11 is 28.3. The van der Waals surface area contributed by atoms with E-state index in [1.807, 2.05) is 19.1 Å². The summed E-state index contributed by atoms with van der Waals surface area (Å²) in [6, 6.07) is 10.6. The first kappa shape index (κ1) is 19.0. The van der Waals surface area contributed by atoms with Crippen molar-refractivity contribution in [2.75, 3.05) is 10.6 Å². The molecule has 4 N–H and O–H groups in total. The van der Waals surface area contributed by atoms with Gasteiger partial charge in [0.15, 0.2) is 10.2 Å². The average molecular weight is 420 g/mol. The number of aryl methyl sites for hydroxylation is 1. The number of hydrogen-bond acceptors (Lipinski definition) is 2. The van der Waals surface area contributed by atoms with Crippen molar-refractivity contribution in [2.45, 2.75) is 6.92 Å². The van der Waals surface area contributed by atoms with Crippen LogP contribution in [0.2, 0.25) is 15.1 Å². The molecule has 0 spiro atoms. The summed E-state index contributed by atoms with van der Waals surface area (Å²) in [4.78, 5) is 0. The van der Waals surface area contributed by atoms with Gasteiger partial charge >= 0.3 is 0 Å². The molecule has 0 amide bonds. The topological polar surface area (TPSA) is 48.1 Å². The summed E-state index contributed by atoms with van der Waals surface area (Å²) in [5.74, 6) is 0. The molecular formula is C15H13Cl3N4S2. The van der Waals surface area contributed by atoms with Gasteiger partial charge in [0.2, 0.25) is 0 Å². The number of halogens is 3. The van der Waals surface area contributed by atoms with Gasteiger partial charge in [0.25, 0.3) is 0 Å². The third-order valence-corrected chi connectivity index (χ3v) is 4.26. The van der Waals surface area contributed by atoms with Gasteiger partial charge < -0.3 is 10.6 Å². The van der Waals surface area contributed by atoms with Gasteiger partial charge in [-0.3, -0.25) is 10.9 Å². The number of rotatable bonds is 2. The fourth-order valence-corrected chi connectivity index (χ4v) is 2.66. The highest BCUT2D eigenvalue weighted by Crippen LogP contribution is 2.25. The second-order valence-electron chi connectivity index (χ2n) is 4.75. The van der Waals surface area contributed by atoms with Gasteiger partial charge in [-0.1, -0.05) is 40.9 Å². The van der Waals surface area contributed by atoms with E-state index >= 15 is 0 Å². The Balaban J connectivity index is 1.84. The molecule has 4 nitrogen and oxygen atoms in total. The normalized spacial score (nSPS) is 10.0. The molecule has 0 bridgehead atoms. The van der Waals surface area contributed by atoms with E-state index in [4.69, 9.17) is 59.2 Å². The van der Waals surface area contributed by atoms with Gasteiger partial charge in [-0.05, 0) is 67.3 Å². The van der Waals surface area contributed by atoms with E-state index in [0.717, 1.165) is 11.3 Å². The molecular weight excluding hydrogens is 407 g/mol. The van der Waals surface area contributed by atoms with E-state index in [1.165, 1.54) is 0 Å². The van der Waals surface area contributed by atoms with E-state index < -0.39 is 0 Å². The summed E-state index contributed by atoms with van der Waals surface area (Å²) < 4.78 is 0. The molecule has 0 aliphatic rings. The van der Waals surface area contributed by atoms with E-state index in [1.54, 1.807) is 24.3 Å². The molecule has 0 atom stereocenters. The smallest absolute Gasteiger partial charge is 0.189 e. The van der Waals surface area contributed by atoms with Crippen LogP contribution in [0.25, 0.3) is 0 Å². The predicted molar refractivity (Wildman–Crippen MR) is 111 cm³/mol. The maximum Gasteiger partial charge on any atom is 0.189 e.